The van der Waals surface area contributed by atoms with Gasteiger partial charge in [0.1, 0.15) is 11.2 Å². The van der Waals surface area contributed by atoms with Gasteiger partial charge in [0.25, 0.3) is 0 Å². The molecule has 6 nitrogen and oxygen atoms in total. The Kier molecular flexibility index (Phi) is 4.83. The molecule has 0 saturated heterocycles. The summed E-state index contributed by atoms with van der Waals surface area (Å²) in [4.78, 5) is 21.1. The van der Waals surface area contributed by atoms with Crippen molar-refractivity contribution >= 4 is 17.1 Å². The van der Waals surface area contributed by atoms with Gasteiger partial charge in [-0.25, -0.2) is 14.8 Å². The van der Waals surface area contributed by atoms with Crippen LogP contribution in [0.5, 0.6) is 0 Å². The van der Waals surface area contributed by atoms with Gasteiger partial charge in [-0.3, -0.25) is 4.57 Å². The fourth-order valence-corrected chi connectivity index (χ4v) is 3.00. The Morgan fingerprint density at radius 2 is 1.87 bits per heavy atom. The number of nitrogens with zero attached hydrogens (tertiary/aromatic N) is 3. The molecule has 0 aliphatic carbocycles. The van der Waals surface area contributed by atoms with Crippen molar-refractivity contribution in [1.29, 1.82) is 0 Å². The first-order chi connectivity index (χ1) is 14.5. The van der Waals surface area contributed by atoms with Gasteiger partial charge in [-0.05, 0) is 57.2 Å². The number of benzene rings is 1. The van der Waals surface area contributed by atoms with Crippen LogP contribution < -0.4 is 0 Å². The first kappa shape index (κ1) is 20.6. The lowest BCUT2D eigenvalue weighted by Gasteiger charge is -2.20. The minimum atomic E-state index is -4.47. The molecule has 0 amide bonds. The second kappa shape index (κ2) is 7.26. The van der Waals surface area contributed by atoms with Crippen LogP contribution >= 0.6 is 0 Å². The molecule has 0 N–H and O–H groups in total. The van der Waals surface area contributed by atoms with E-state index in [0.717, 1.165) is 12.1 Å². The monoisotopic (exact) mass is 429 g/mol. The lowest BCUT2D eigenvalue weighted by atomic mass is 10.1. The molecule has 3 aromatic heterocycles. The maximum atomic E-state index is 13.0. The van der Waals surface area contributed by atoms with E-state index >= 15 is 0 Å². The normalized spacial score (nSPS) is 12.3. The van der Waals surface area contributed by atoms with Gasteiger partial charge in [-0.2, -0.15) is 13.2 Å². The summed E-state index contributed by atoms with van der Waals surface area (Å²) in [5.41, 5.74) is -0.480. The molecule has 31 heavy (non-hydrogen) atoms. The molecule has 0 aliphatic heterocycles. The van der Waals surface area contributed by atoms with E-state index in [1.54, 1.807) is 51.2 Å². The maximum absolute atomic E-state index is 13.0. The number of halogens is 3. The Morgan fingerprint density at radius 1 is 1.10 bits per heavy atom. The van der Waals surface area contributed by atoms with Crippen molar-refractivity contribution in [1.82, 2.24) is 14.5 Å². The fourth-order valence-electron chi connectivity index (χ4n) is 3.00. The summed E-state index contributed by atoms with van der Waals surface area (Å²) < 4.78 is 51.2. The largest absolute Gasteiger partial charge is 0.453 e. The van der Waals surface area contributed by atoms with Crippen molar-refractivity contribution in [2.75, 3.05) is 0 Å². The number of hydrogen-bond acceptors (Lipinski definition) is 5. The van der Waals surface area contributed by atoms with E-state index in [9.17, 15) is 18.0 Å². The molecule has 4 aromatic rings. The van der Waals surface area contributed by atoms with Gasteiger partial charge in [0.05, 0.1) is 17.0 Å². The maximum Gasteiger partial charge on any atom is 0.419 e. The second-order valence-electron chi connectivity index (χ2n) is 7.87. The second-order valence-corrected chi connectivity index (χ2v) is 7.87. The standard InChI is InChI=1S/C22H18F3N3O3/c1-21(2,3)31-20(29)28-10-4-5-16(28)15-8-9-26-19(27-15)18-11-13-6-7-14(22(23,24)25)12-17(13)30-18/h4-12H,1-3H3. The topological polar surface area (TPSA) is 70.2 Å². The van der Waals surface area contributed by atoms with Crippen LogP contribution in [0.15, 0.2) is 59.3 Å². The summed E-state index contributed by atoms with van der Waals surface area (Å²) in [5.74, 6) is 0.394. The quantitative estimate of drug-likeness (QED) is 0.382. The van der Waals surface area contributed by atoms with Crippen LogP contribution in [0.2, 0.25) is 0 Å². The van der Waals surface area contributed by atoms with E-state index in [4.69, 9.17) is 9.15 Å². The number of ether oxygens (including phenoxy) is 1. The predicted molar refractivity (Wildman–Crippen MR) is 107 cm³/mol. The Morgan fingerprint density at radius 3 is 2.58 bits per heavy atom. The highest BCUT2D eigenvalue weighted by atomic mass is 19.4. The molecule has 0 spiro atoms. The summed E-state index contributed by atoms with van der Waals surface area (Å²) in [6.07, 6.45) is -1.98. The van der Waals surface area contributed by atoms with Crippen LogP contribution in [0.1, 0.15) is 26.3 Å². The first-order valence-corrected chi connectivity index (χ1v) is 9.36. The summed E-state index contributed by atoms with van der Waals surface area (Å²) in [7, 11) is 0. The van der Waals surface area contributed by atoms with Crippen LogP contribution in [0, 0.1) is 0 Å². The minimum absolute atomic E-state index is 0.0796. The van der Waals surface area contributed by atoms with Crippen molar-refractivity contribution in [2.24, 2.45) is 0 Å². The van der Waals surface area contributed by atoms with Crippen molar-refractivity contribution in [3.8, 4) is 23.0 Å². The lowest BCUT2D eigenvalue weighted by Crippen LogP contribution is -2.27. The van der Waals surface area contributed by atoms with E-state index in [0.29, 0.717) is 16.8 Å². The molecule has 9 heteroatoms. The van der Waals surface area contributed by atoms with E-state index in [1.165, 1.54) is 16.8 Å². The number of hydrogen-bond donors (Lipinski definition) is 0. The van der Waals surface area contributed by atoms with Crippen molar-refractivity contribution in [3.05, 3.63) is 60.4 Å². The number of fused-ring (bicyclic) bond motifs is 1. The summed E-state index contributed by atoms with van der Waals surface area (Å²) in [5, 5.41) is 0.495. The first-order valence-electron chi connectivity index (χ1n) is 9.36. The Hall–Kier alpha value is -3.62. The van der Waals surface area contributed by atoms with Crippen LogP contribution in [0.3, 0.4) is 0 Å². The SMILES string of the molecule is CC(C)(C)OC(=O)n1cccc1-c1ccnc(-c2cc3ccc(C(F)(F)F)cc3o2)n1. The average molecular weight is 429 g/mol. The average Bonchev–Trinajstić information content (AvgIpc) is 3.32. The van der Waals surface area contributed by atoms with Gasteiger partial charge in [0.15, 0.2) is 11.6 Å². The van der Waals surface area contributed by atoms with Crippen LogP contribution in [-0.4, -0.2) is 26.2 Å². The molecule has 1 aromatic carbocycles. The van der Waals surface area contributed by atoms with Crippen LogP contribution in [-0.2, 0) is 10.9 Å². The summed E-state index contributed by atoms with van der Waals surface area (Å²) in [6.45, 7) is 5.30. The zero-order valence-corrected chi connectivity index (χ0v) is 16.9. The molecule has 0 bridgehead atoms. The van der Waals surface area contributed by atoms with E-state index < -0.39 is 23.4 Å². The highest BCUT2D eigenvalue weighted by molar-refractivity contribution is 5.83. The predicted octanol–water partition coefficient (Wildman–Crippen LogP) is 6.16. The molecule has 0 saturated carbocycles. The van der Waals surface area contributed by atoms with Crippen LogP contribution in [0.25, 0.3) is 33.9 Å². The smallest absolute Gasteiger partial charge is 0.419 e. The van der Waals surface area contributed by atoms with E-state index in [-0.39, 0.29) is 17.2 Å². The van der Waals surface area contributed by atoms with Crippen molar-refractivity contribution in [2.45, 2.75) is 32.5 Å². The molecule has 0 aliphatic rings. The molecular weight excluding hydrogens is 411 g/mol. The van der Waals surface area contributed by atoms with Crippen molar-refractivity contribution in [3.63, 3.8) is 0 Å². The van der Waals surface area contributed by atoms with Gasteiger partial charge in [-0.1, -0.05) is 6.07 Å². The van der Waals surface area contributed by atoms with Gasteiger partial charge < -0.3 is 9.15 Å². The third kappa shape index (κ3) is 4.30. The van der Waals surface area contributed by atoms with Gasteiger partial charge in [0.2, 0.25) is 0 Å². The molecule has 0 atom stereocenters. The number of furan rings is 1. The summed E-state index contributed by atoms with van der Waals surface area (Å²) in [6, 6.07) is 9.84. The Labute approximate surface area is 175 Å². The van der Waals surface area contributed by atoms with Crippen molar-refractivity contribution < 1.29 is 27.1 Å². The van der Waals surface area contributed by atoms with Gasteiger partial charge in [0, 0.05) is 17.8 Å². The third-order valence-corrected chi connectivity index (χ3v) is 4.32. The Balaban J connectivity index is 1.70. The van der Waals surface area contributed by atoms with Gasteiger partial charge in [-0.15, -0.1) is 0 Å². The molecule has 4 rings (SSSR count). The number of carbonyl (C=O) groups is 1. The number of alkyl halides is 3. The van der Waals surface area contributed by atoms with Gasteiger partial charge >= 0.3 is 12.3 Å². The molecule has 3 heterocycles. The zero-order chi connectivity index (χ0) is 22.4. The number of aromatic nitrogens is 3. The lowest BCUT2D eigenvalue weighted by molar-refractivity contribution is -0.137. The zero-order valence-electron chi connectivity index (χ0n) is 16.9. The van der Waals surface area contributed by atoms with E-state index in [2.05, 4.69) is 9.97 Å². The molecule has 0 unspecified atom stereocenters. The number of rotatable bonds is 2. The minimum Gasteiger partial charge on any atom is -0.453 e. The fraction of sp³-hybridized carbons (Fsp3) is 0.227. The molecule has 0 fully saturated rings. The highest BCUT2D eigenvalue weighted by Crippen LogP contribution is 2.34. The number of carbonyl (C=O) groups excluding carboxylic acids is 1. The highest BCUT2D eigenvalue weighted by Gasteiger charge is 2.31. The van der Waals surface area contributed by atoms with E-state index in [1.807, 2.05) is 0 Å². The molecular formula is C22H18F3N3O3. The van der Waals surface area contributed by atoms with Crippen LogP contribution in [0.4, 0.5) is 18.0 Å². The summed E-state index contributed by atoms with van der Waals surface area (Å²) >= 11 is 0. The molecule has 0 radical (unpaired) electrons. The molecule has 160 valence electrons. The Bertz CT molecular complexity index is 1270. The third-order valence-electron chi connectivity index (χ3n) is 4.32.